The van der Waals surface area contributed by atoms with Crippen LogP contribution < -0.4 is 9.47 Å². The molecule has 29 heavy (non-hydrogen) atoms. The largest absolute Gasteiger partial charge is 0.507 e. The molecular formula is C23H23NO5. The van der Waals surface area contributed by atoms with Crippen molar-refractivity contribution in [3.63, 3.8) is 0 Å². The van der Waals surface area contributed by atoms with Gasteiger partial charge in [0.25, 0.3) is 11.7 Å². The summed E-state index contributed by atoms with van der Waals surface area (Å²) in [5, 5.41) is 11.1. The van der Waals surface area contributed by atoms with Crippen molar-refractivity contribution in [2.24, 2.45) is 0 Å². The molecule has 1 unspecified atom stereocenters. The zero-order valence-electron chi connectivity index (χ0n) is 16.5. The number of nitrogens with zero attached hydrogens (tertiary/aromatic N) is 1. The zero-order chi connectivity index (χ0) is 20.5. The molecule has 1 atom stereocenters. The molecule has 6 heteroatoms. The summed E-state index contributed by atoms with van der Waals surface area (Å²) in [6.45, 7) is 2.97. The van der Waals surface area contributed by atoms with Crippen LogP contribution in [0.1, 0.15) is 36.1 Å². The molecule has 1 amide bonds. The molecular weight excluding hydrogens is 370 g/mol. The van der Waals surface area contributed by atoms with Gasteiger partial charge in [0, 0.05) is 18.5 Å². The number of ether oxygens (including phenoxy) is 2. The molecule has 0 radical (unpaired) electrons. The number of aliphatic hydroxyl groups is 1. The Morgan fingerprint density at radius 3 is 2.83 bits per heavy atom. The van der Waals surface area contributed by atoms with Crippen molar-refractivity contribution in [3.05, 3.63) is 64.7 Å². The summed E-state index contributed by atoms with van der Waals surface area (Å²) in [7, 11) is 1.56. The maximum atomic E-state index is 12.9. The molecule has 0 bridgehead atoms. The van der Waals surface area contributed by atoms with Gasteiger partial charge in [-0.1, -0.05) is 19.1 Å². The van der Waals surface area contributed by atoms with Crippen LogP contribution in [-0.4, -0.2) is 42.0 Å². The molecule has 0 saturated carbocycles. The van der Waals surface area contributed by atoms with Crippen LogP contribution in [0.2, 0.25) is 0 Å². The lowest BCUT2D eigenvalue weighted by Gasteiger charge is -2.25. The first-order valence-corrected chi connectivity index (χ1v) is 9.73. The highest BCUT2D eigenvalue weighted by atomic mass is 16.5. The van der Waals surface area contributed by atoms with E-state index in [1.807, 2.05) is 25.1 Å². The summed E-state index contributed by atoms with van der Waals surface area (Å²) in [6.07, 6.45) is 1.45. The van der Waals surface area contributed by atoms with Crippen molar-refractivity contribution in [3.8, 4) is 11.5 Å². The van der Waals surface area contributed by atoms with Crippen molar-refractivity contribution in [1.82, 2.24) is 4.90 Å². The third kappa shape index (κ3) is 3.24. The number of carbonyl (C=O) groups is 2. The predicted octanol–water partition coefficient (Wildman–Crippen LogP) is 3.46. The van der Waals surface area contributed by atoms with Gasteiger partial charge in [0.05, 0.1) is 25.3 Å². The molecule has 0 aliphatic carbocycles. The van der Waals surface area contributed by atoms with E-state index in [0.717, 1.165) is 23.3 Å². The van der Waals surface area contributed by atoms with Gasteiger partial charge in [-0.05, 0) is 47.9 Å². The number of ketones is 1. The summed E-state index contributed by atoms with van der Waals surface area (Å²) in [6, 6.07) is 11.9. The number of fused-ring (bicyclic) bond motifs is 1. The molecule has 2 aliphatic heterocycles. The molecule has 150 valence electrons. The Balaban J connectivity index is 1.86. The Morgan fingerprint density at radius 2 is 2.07 bits per heavy atom. The van der Waals surface area contributed by atoms with Crippen LogP contribution in [0, 0.1) is 0 Å². The first-order valence-electron chi connectivity index (χ1n) is 9.73. The number of benzene rings is 2. The topological polar surface area (TPSA) is 76.1 Å². The number of Topliss-reactive ketones (excluding diaryl/α,β-unsaturated/α-hetero) is 1. The number of amides is 1. The number of carbonyl (C=O) groups excluding carboxylic acids is 2. The van der Waals surface area contributed by atoms with Crippen LogP contribution in [0.15, 0.2) is 48.0 Å². The highest BCUT2D eigenvalue weighted by Gasteiger charge is 2.45. The van der Waals surface area contributed by atoms with E-state index >= 15 is 0 Å². The minimum atomic E-state index is -0.666. The van der Waals surface area contributed by atoms with E-state index in [1.54, 1.807) is 31.4 Å². The fraction of sp³-hybridized carbons (Fsp3) is 0.304. The molecule has 2 aromatic rings. The Bertz CT molecular complexity index is 1010. The highest BCUT2D eigenvalue weighted by molar-refractivity contribution is 6.46. The molecule has 2 heterocycles. The van der Waals surface area contributed by atoms with E-state index in [0.29, 0.717) is 30.9 Å². The molecule has 2 aromatic carbocycles. The Kier molecular flexibility index (Phi) is 5.01. The third-order valence-electron chi connectivity index (χ3n) is 5.38. The minimum absolute atomic E-state index is 0.107. The smallest absolute Gasteiger partial charge is 0.295 e. The van der Waals surface area contributed by atoms with Gasteiger partial charge in [-0.2, -0.15) is 0 Å². The maximum Gasteiger partial charge on any atom is 0.295 e. The molecule has 4 rings (SSSR count). The van der Waals surface area contributed by atoms with Crippen LogP contribution in [-0.2, 0) is 16.0 Å². The Morgan fingerprint density at radius 1 is 1.24 bits per heavy atom. The number of methoxy groups -OCH3 is 1. The number of aliphatic hydroxyl groups excluding tert-OH is 1. The fourth-order valence-corrected chi connectivity index (χ4v) is 4.00. The number of hydrogen-bond donors (Lipinski definition) is 1. The Labute approximate surface area is 169 Å². The lowest BCUT2D eigenvalue weighted by atomic mass is 9.94. The Hall–Kier alpha value is -3.28. The van der Waals surface area contributed by atoms with Crippen LogP contribution >= 0.6 is 0 Å². The van der Waals surface area contributed by atoms with E-state index in [2.05, 4.69) is 0 Å². The van der Waals surface area contributed by atoms with Crippen molar-refractivity contribution >= 4 is 17.4 Å². The summed E-state index contributed by atoms with van der Waals surface area (Å²) in [4.78, 5) is 27.2. The fourth-order valence-electron chi connectivity index (χ4n) is 4.00. The molecule has 1 fully saturated rings. The van der Waals surface area contributed by atoms with Gasteiger partial charge in [0.15, 0.2) is 0 Å². The first-order chi connectivity index (χ1) is 14.0. The van der Waals surface area contributed by atoms with Gasteiger partial charge in [-0.15, -0.1) is 0 Å². The lowest BCUT2D eigenvalue weighted by molar-refractivity contribution is -0.139. The summed E-state index contributed by atoms with van der Waals surface area (Å²) < 4.78 is 10.8. The second kappa shape index (κ2) is 7.62. The SMILES string of the molecule is CCCN1C(=O)C(=O)/C(=C(\O)c2ccc3c(c2)CCO3)C1c1cccc(OC)c1. The quantitative estimate of drug-likeness (QED) is 0.478. The third-order valence-corrected chi connectivity index (χ3v) is 5.38. The van der Waals surface area contributed by atoms with E-state index in [-0.39, 0.29) is 11.3 Å². The lowest BCUT2D eigenvalue weighted by Crippen LogP contribution is -2.30. The van der Waals surface area contributed by atoms with E-state index in [9.17, 15) is 14.7 Å². The van der Waals surface area contributed by atoms with Crippen LogP contribution in [0.5, 0.6) is 11.5 Å². The first kappa shape index (κ1) is 19.1. The van der Waals surface area contributed by atoms with Gasteiger partial charge >= 0.3 is 0 Å². The molecule has 6 nitrogen and oxygen atoms in total. The summed E-state index contributed by atoms with van der Waals surface area (Å²) in [5.74, 6) is -0.00713. The normalized spacial score (nSPS) is 19.9. The molecule has 0 aromatic heterocycles. The summed E-state index contributed by atoms with van der Waals surface area (Å²) >= 11 is 0. The number of hydrogen-bond acceptors (Lipinski definition) is 5. The van der Waals surface area contributed by atoms with Gasteiger partial charge in [-0.25, -0.2) is 0 Å². The average molecular weight is 393 g/mol. The standard InChI is InChI=1S/C23H23NO5/c1-3-10-24-20(15-5-4-6-17(13-15)28-2)19(22(26)23(24)27)21(25)16-7-8-18-14(12-16)9-11-29-18/h4-8,12-13,20,25H,3,9-11H2,1-2H3/b21-19-. The average Bonchev–Trinajstić information content (AvgIpc) is 3.31. The van der Waals surface area contributed by atoms with Crippen molar-refractivity contribution in [2.45, 2.75) is 25.8 Å². The monoisotopic (exact) mass is 393 g/mol. The van der Waals surface area contributed by atoms with Crippen molar-refractivity contribution < 1.29 is 24.2 Å². The second-order valence-corrected chi connectivity index (χ2v) is 7.19. The van der Waals surface area contributed by atoms with Crippen molar-refractivity contribution in [1.29, 1.82) is 0 Å². The summed E-state index contributed by atoms with van der Waals surface area (Å²) in [5.41, 5.74) is 2.32. The van der Waals surface area contributed by atoms with Gasteiger partial charge < -0.3 is 19.5 Å². The number of rotatable bonds is 5. The van der Waals surface area contributed by atoms with E-state index < -0.39 is 17.7 Å². The van der Waals surface area contributed by atoms with Gasteiger partial charge in [0.1, 0.15) is 17.3 Å². The van der Waals surface area contributed by atoms with Gasteiger partial charge in [0.2, 0.25) is 0 Å². The molecule has 2 aliphatic rings. The van der Waals surface area contributed by atoms with Crippen LogP contribution in [0.3, 0.4) is 0 Å². The predicted molar refractivity (Wildman–Crippen MR) is 108 cm³/mol. The van der Waals surface area contributed by atoms with Crippen LogP contribution in [0.25, 0.3) is 5.76 Å². The van der Waals surface area contributed by atoms with Gasteiger partial charge in [-0.3, -0.25) is 9.59 Å². The number of likely N-dealkylation sites (tertiary alicyclic amines) is 1. The van der Waals surface area contributed by atoms with Crippen LogP contribution in [0.4, 0.5) is 0 Å². The van der Waals surface area contributed by atoms with E-state index in [4.69, 9.17) is 9.47 Å². The van der Waals surface area contributed by atoms with Crippen molar-refractivity contribution in [2.75, 3.05) is 20.3 Å². The zero-order valence-corrected chi connectivity index (χ0v) is 16.5. The highest BCUT2D eigenvalue weighted by Crippen LogP contribution is 2.41. The van der Waals surface area contributed by atoms with E-state index in [1.165, 1.54) is 4.90 Å². The molecule has 0 spiro atoms. The maximum absolute atomic E-state index is 12.9. The molecule has 1 N–H and O–H groups in total. The second-order valence-electron chi connectivity index (χ2n) is 7.19. The molecule has 1 saturated heterocycles. The minimum Gasteiger partial charge on any atom is -0.507 e.